The number of rotatable bonds is 1. The lowest BCUT2D eigenvalue weighted by atomic mass is 10.1. The van der Waals surface area contributed by atoms with Gasteiger partial charge >= 0.3 is 6.18 Å². The second kappa shape index (κ2) is 4.13. The molecule has 1 heterocycles. The summed E-state index contributed by atoms with van der Waals surface area (Å²) in [6, 6.07) is 3.57. The Morgan fingerprint density at radius 1 is 1.35 bits per heavy atom. The van der Waals surface area contributed by atoms with Crippen molar-refractivity contribution in [2.75, 3.05) is 23.7 Å². The van der Waals surface area contributed by atoms with Crippen LogP contribution in [0, 0.1) is 5.92 Å². The summed E-state index contributed by atoms with van der Waals surface area (Å²) in [7, 11) is 0. The first-order chi connectivity index (χ1) is 7.88. The number of alkyl halides is 3. The first-order valence-corrected chi connectivity index (χ1v) is 5.59. The Hall–Kier alpha value is -1.39. The van der Waals surface area contributed by atoms with Crippen LogP contribution in [0.1, 0.15) is 18.9 Å². The molecule has 1 fully saturated rings. The number of nitrogens with two attached hydrogens (primary N) is 1. The van der Waals surface area contributed by atoms with Gasteiger partial charge in [-0.2, -0.15) is 13.2 Å². The number of hydrogen-bond donors (Lipinski definition) is 1. The van der Waals surface area contributed by atoms with Gasteiger partial charge in [0.25, 0.3) is 0 Å². The van der Waals surface area contributed by atoms with E-state index in [1.807, 2.05) is 4.90 Å². The van der Waals surface area contributed by atoms with Crippen LogP contribution in [0.5, 0.6) is 0 Å². The van der Waals surface area contributed by atoms with E-state index in [-0.39, 0.29) is 5.69 Å². The molecule has 17 heavy (non-hydrogen) atoms. The summed E-state index contributed by atoms with van der Waals surface area (Å²) < 4.78 is 37.4. The van der Waals surface area contributed by atoms with E-state index < -0.39 is 11.7 Å². The molecule has 0 bridgehead atoms. The van der Waals surface area contributed by atoms with Crippen LogP contribution in [0.25, 0.3) is 0 Å². The highest BCUT2D eigenvalue weighted by Gasteiger charge is 2.31. The van der Waals surface area contributed by atoms with Gasteiger partial charge in [-0.25, -0.2) is 0 Å². The molecule has 1 saturated heterocycles. The number of hydrogen-bond acceptors (Lipinski definition) is 2. The van der Waals surface area contributed by atoms with Gasteiger partial charge in [0, 0.05) is 13.1 Å². The zero-order chi connectivity index (χ0) is 12.6. The Kier molecular flexibility index (Phi) is 2.93. The summed E-state index contributed by atoms with van der Waals surface area (Å²) in [5.41, 5.74) is 5.93. The van der Waals surface area contributed by atoms with Gasteiger partial charge in [0.05, 0.1) is 16.9 Å². The summed E-state index contributed by atoms with van der Waals surface area (Å²) in [6.45, 7) is 3.84. The summed E-state index contributed by atoms with van der Waals surface area (Å²) in [5, 5.41) is 0. The lowest BCUT2D eigenvalue weighted by Gasteiger charge is -2.21. The minimum Gasteiger partial charge on any atom is -0.397 e. The SMILES string of the molecule is CC1CCN(c2ccc(C(F)(F)F)cc2N)C1. The molecule has 0 aliphatic carbocycles. The third-order valence-electron chi connectivity index (χ3n) is 3.12. The monoisotopic (exact) mass is 244 g/mol. The van der Waals surface area contributed by atoms with Crippen molar-refractivity contribution in [1.82, 2.24) is 0 Å². The predicted molar refractivity (Wildman–Crippen MR) is 61.9 cm³/mol. The highest BCUT2D eigenvalue weighted by Crippen LogP contribution is 2.35. The highest BCUT2D eigenvalue weighted by molar-refractivity contribution is 5.69. The summed E-state index contributed by atoms with van der Waals surface area (Å²) in [5.74, 6) is 0.566. The van der Waals surface area contributed by atoms with Gasteiger partial charge in [0.2, 0.25) is 0 Å². The van der Waals surface area contributed by atoms with E-state index in [0.717, 1.165) is 31.6 Å². The van der Waals surface area contributed by atoms with Crippen molar-refractivity contribution in [2.45, 2.75) is 19.5 Å². The lowest BCUT2D eigenvalue weighted by Crippen LogP contribution is -2.20. The highest BCUT2D eigenvalue weighted by atomic mass is 19.4. The van der Waals surface area contributed by atoms with Crippen molar-refractivity contribution < 1.29 is 13.2 Å². The van der Waals surface area contributed by atoms with Crippen LogP contribution >= 0.6 is 0 Å². The molecule has 2 nitrogen and oxygen atoms in total. The molecule has 2 rings (SSSR count). The van der Waals surface area contributed by atoms with E-state index in [9.17, 15) is 13.2 Å². The number of nitrogens with zero attached hydrogens (tertiary/aromatic N) is 1. The van der Waals surface area contributed by atoms with Gasteiger partial charge in [0.1, 0.15) is 0 Å². The average molecular weight is 244 g/mol. The lowest BCUT2D eigenvalue weighted by molar-refractivity contribution is -0.137. The van der Waals surface area contributed by atoms with Crippen molar-refractivity contribution in [1.29, 1.82) is 0 Å². The minimum absolute atomic E-state index is 0.203. The molecule has 5 heteroatoms. The van der Waals surface area contributed by atoms with Crippen LogP contribution < -0.4 is 10.6 Å². The molecule has 1 aromatic rings. The fourth-order valence-corrected chi connectivity index (χ4v) is 2.17. The van der Waals surface area contributed by atoms with E-state index >= 15 is 0 Å². The Balaban J connectivity index is 2.26. The van der Waals surface area contributed by atoms with Crippen LogP contribution in [0.15, 0.2) is 18.2 Å². The molecule has 0 aromatic heterocycles. The Morgan fingerprint density at radius 2 is 2.06 bits per heavy atom. The molecule has 0 saturated carbocycles. The molecular formula is C12H15F3N2. The molecule has 1 atom stereocenters. The molecule has 1 aromatic carbocycles. The quantitative estimate of drug-likeness (QED) is 0.769. The first-order valence-electron chi connectivity index (χ1n) is 5.59. The minimum atomic E-state index is -4.33. The molecule has 0 amide bonds. The maximum absolute atomic E-state index is 12.5. The largest absolute Gasteiger partial charge is 0.416 e. The molecule has 2 N–H and O–H groups in total. The van der Waals surface area contributed by atoms with Crippen molar-refractivity contribution in [3.8, 4) is 0 Å². The Morgan fingerprint density at radius 3 is 2.53 bits per heavy atom. The summed E-state index contributed by atoms with van der Waals surface area (Å²) >= 11 is 0. The summed E-state index contributed by atoms with van der Waals surface area (Å²) in [6.07, 6.45) is -3.27. The van der Waals surface area contributed by atoms with Crippen LogP contribution in [-0.4, -0.2) is 13.1 Å². The maximum Gasteiger partial charge on any atom is 0.416 e. The van der Waals surface area contributed by atoms with E-state index in [1.54, 1.807) is 0 Å². The fourth-order valence-electron chi connectivity index (χ4n) is 2.17. The van der Waals surface area contributed by atoms with Gasteiger partial charge < -0.3 is 10.6 Å². The van der Waals surface area contributed by atoms with E-state index in [2.05, 4.69) is 6.92 Å². The standard InChI is InChI=1S/C12H15F3N2/c1-8-4-5-17(7-8)11-3-2-9(6-10(11)16)12(13,14)15/h2-3,6,8H,4-5,7,16H2,1H3. The van der Waals surface area contributed by atoms with Crippen molar-refractivity contribution in [3.63, 3.8) is 0 Å². The topological polar surface area (TPSA) is 29.3 Å². The van der Waals surface area contributed by atoms with Gasteiger partial charge in [0.15, 0.2) is 0 Å². The zero-order valence-corrected chi connectivity index (χ0v) is 9.59. The number of anilines is 2. The van der Waals surface area contributed by atoms with Crippen molar-refractivity contribution >= 4 is 11.4 Å². The van der Waals surface area contributed by atoms with Gasteiger partial charge in [-0.05, 0) is 30.5 Å². The third-order valence-corrected chi connectivity index (χ3v) is 3.12. The van der Waals surface area contributed by atoms with Crippen molar-refractivity contribution in [2.24, 2.45) is 5.92 Å². The molecule has 94 valence electrons. The normalized spacial score (nSPS) is 20.9. The van der Waals surface area contributed by atoms with Gasteiger partial charge in [-0.1, -0.05) is 6.92 Å². The smallest absolute Gasteiger partial charge is 0.397 e. The Labute approximate surface area is 98.2 Å². The van der Waals surface area contributed by atoms with Crippen LogP contribution in [0.2, 0.25) is 0 Å². The zero-order valence-electron chi connectivity index (χ0n) is 9.59. The molecule has 0 radical (unpaired) electrons. The van der Waals surface area contributed by atoms with Crippen LogP contribution in [0.4, 0.5) is 24.5 Å². The fraction of sp³-hybridized carbons (Fsp3) is 0.500. The molecular weight excluding hydrogens is 229 g/mol. The first kappa shape index (κ1) is 12.1. The molecule has 0 spiro atoms. The molecule has 1 aliphatic heterocycles. The van der Waals surface area contributed by atoms with Gasteiger partial charge in [-0.3, -0.25) is 0 Å². The summed E-state index contributed by atoms with van der Waals surface area (Å²) in [4.78, 5) is 2.04. The second-order valence-electron chi connectivity index (χ2n) is 4.61. The molecule has 1 unspecified atom stereocenters. The van der Waals surface area contributed by atoms with Crippen LogP contribution in [-0.2, 0) is 6.18 Å². The molecule has 1 aliphatic rings. The third kappa shape index (κ3) is 2.48. The average Bonchev–Trinajstić information content (AvgIpc) is 2.63. The number of benzene rings is 1. The van der Waals surface area contributed by atoms with E-state index in [0.29, 0.717) is 11.6 Å². The maximum atomic E-state index is 12.5. The number of nitrogen functional groups attached to an aromatic ring is 1. The van der Waals surface area contributed by atoms with E-state index in [4.69, 9.17) is 5.73 Å². The Bertz CT molecular complexity index is 415. The second-order valence-corrected chi connectivity index (χ2v) is 4.61. The van der Waals surface area contributed by atoms with Crippen LogP contribution in [0.3, 0.4) is 0 Å². The van der Waals surface area contributed by atoms with E-state index in [1.165, 1.54) is 6.07 Å². The predicted octanol–water partition coefficient (Wildman–Crippen LogP) is 3.13. The van der Waals surface area contributed by atoms with Gasteiger partial charge in [-0.15, -0.1) is 0 Å². The van der Waals surface area contributed by atoms with Crippen molar-refractivity contribution in [3.05, 3.63) is 23.8 Å². The number of halogens is 3.